The van der Waals surface area contributed by atoms with Crippen molar-refractivity contribution < 1.29 is 4.79 Å². The van der Waals surface area contributed by atoms with Gasteiger partial charge in [0.1, 0.15) is 12.4 Å². The Morgan fingerprint density at radius 3 is 2.68 bits per heavy atom. The average Bonchev–Trinajstić information content (AvgIpc) is 3.23. The van der Waals surface area contributed by atoms with Gasteiger partial charge in [-0.2, -0.15) is 10.1 Å². The summed E-state index contributed by atoms with van der Waals surface area (Å²) >= 11 is 0. The molecule has 0 aliphatic carbocycles. The molecule has 0 unspecified atom stereocenters. The zero-order valence-corrected chi connectivity index (χ0v) is 13.9. The highest BCUT2D eigenvalue weighted by atomic mass is 16.1. The number of hydrogen-bond donors (Lipinski definition) is 3. The van der Waals surface area contributed by atoms with E-state index in [1.54, 1.807) is 4.68 Å². The van der Waals surface area contributed by atoms with E-state index in [4.69, 9.17) is 0 Å². The molecule has 0 bridgehead atoms. The van der Waals surface area contributed by atoms with Crippen molar-refractivity contribution in [1.82, 2.24) is 19.7 Å². The molecule has 7 heteroatoms. The molecule has 126 valence electrons. The van der Waals surface area contributed by atoms with Crippen molar-refractivity contribution in [1.29, 1.82) is 0 Å². The van der Waals surface area contributed by atoms with Crippen LogP contribution < -0.4 is 10.6 Å². The Balaban J connectivity index is 1.76. The number of H-pyrrole nitrogens is 1. The van der Waals surface area contributed by atoms with Crippen molar-refractivity contribution in [3.8, 4) is 0 Å². The number of para-hydroxylation sites is 1. The molecule has 1 amide bonds. The van der Waals surface area contributed by atoms with Crippen molar-refractivity contribution in [3.63, 3.8) is 0 Å². The topological polar surface area (TPSA) is 87.6 Å². The van der Waals surface area contributed by atoms with Gasteiger partial charge in [0.05, 0.1) is 5.57 Å². The van der Waals surface area contributed by atoms with Gasteiger partial charge in [0.2, 0.25) is 5.95 Å². The van der Waals surface area contributed by atoms with Gasteiger partial charge in [-0.25, -0.2) is 4.68 Å². The van der Waals surface area contributed by atoms with E-state index in [0.29, 0.717) is 11.5 Å². The third-order valence-corrected chi connectivity index (χ3v) is 4.22. The molecule has 1 aliphatic rings. The molecule has 25 heavy (non-hydrogen) atoms. The van der Waals surface area contributed by atoms with Crippen LogP contribution >= 0.6 is 0 Å². The molecule has 0 spiro atoms. The van der Waals surface area contributed by atoms with Crippen LogP contribution in [0.2, 0.25) is 0 Å². The van der Waals surface area contributed by atoms with Crippen LogP contribution in [-0.2, 0) is 4.79 Å². The lowest BCUT2D eigenvalue weighted by Crippen LogP contribution is -2.31. The number of aryl methyl sites for hydroxylation is 1. The molecular weight excluding hydrogens is 316 g/mol. The Hall–Kier alpha value is -3.35. The van der Waals surface area contributed by atoms with Crippen molar-refractivity contribution in [3.05, 3.63) is 71.4 Å². The van der Waals surface area contributed by atoms with Crippen LogP contribution in [0.5, 0.6) is 0 Å². The molecule has 3 aromatic rings. The predicted octanol–water partition coefficient (Wildman–Crippen LogP) is 2.84. The molecule has 7 nitrogen and oxygen atoms in total. The van der Waals surface area contributed by atoms with Gasteiger partial charge in [-0.05, 0) is 38.1 Å². The second-order valence-corrected chi connectivity index (χ2v) is 6.01. The van der Waals surface area contributed by atoms with Gasteiger partial charge in [-0.3, -0.25) is 4.79 Å². The van der Waals surface area contributed by atoms with E-state index >= 15 is 0 Å². The predicted molar refractivity (Wildman–Crippen MR) is 95.1 cm³/mol. The number of hydrogen-bond acceptors (Lipinski definition) is 4. The number of aromatic amines is 1. The highest BCUT2D eigenvalue weighted by molar-refractivity contribution is 6.05. The number of aromatic nitrogens is 4. The van der Waals surface area contributed by atoms with Crippen molar-refractivity contribution in [2.45, 2.75) is 19.9 Å². The minimum Gasteiger partial charge on any atom is -0.360 e. The molecule has 0 radical (unpaired) electrons. The van der Waals surface area contributed by atoms with Crippen LogP contribution in [0.3, 0.4) is 0 Å². The molecule has 0 fully saturated rings. The summed E-state index contributed by atoms with van der Waals surface area (Å²) in [6, 6.07) is 13.0. The van der Waals surface area contributed by atoms with Gasteiger partial charge < -0.3 is 15.6 Å². The summed E-state index contributed by atoms with van der Waals surface area (Å²) in [4.78, 5) is 20.6. The first-order chi connectivity index (χ1) is 12.1. The summed E-state index contributed by atoms with van der Waals surface area (Å²) in [7, 11) is 0. The van der Waals surface area contributed by atoms with Crippen molar-refractivity contribution >= 4 is 17.5 Å². The molecule has 1 atom stereocenters. The largest absolute Gasteiger partial charge is 0.360 e. The number of amides is 1. The molecule has 0 saturated carbocycles. The van der Waals surface area contributed by atoms with Crippen molar-refractivity contribution in [2.24, 2.45) is 0 Å². The quantitative estimate of drug-likeness (QED) is 0.687. The van der Waals surface area contributed by atoms with Crippen LogP contribution in [0.25, 0.3) is 0 Å². The normalized spacial score (nSPS) is 16.3. The minimum absolute atomic E-state index is 0.172. The van der Waals surface area contributed by atoms with E-state index < -0.39 is 0 Å². The number of carbonyl (C=O) groups is 1. The smallest absolute Gasteiger partial charge is 0.255 e. The lowest BCUT2D eigenvalue weighted by atomic mass is 9.99. The molecular formula is C18H18N6O. The number of anilines is 2. The van der Waals surface area contributed by atoms with E-state index in [9.17, 15) is 4.79 Å². The fourth-order valence-electron chi connectivity index (χ4n) is 3.08. The Bertz CT molecular complexity index is 953. The third-order valence-electron chi connectivity index (χ3n) is 4.22. The first kappa shape index (κ1) is 15.2. The van der Waals surface area contributed by atoms with Gasteiger partial charge in [-0.1, -0.05) is 18.2 Å². The van der Waals surface area contributed by atoms with Gasteiger partial charge in [0, 0.05) is 22.8 Å². The number of nitrogens with one attached hydrogen (secondary N) is 3. The maximum atomic E-state index is 13.0. The highest BCUT2D eigenvalue weighted by Gasteiger charge is 2.34. The van der Waals surface area contributed by atoms with E-state index in [0.717, 1.165) is 22.8 Å². The van der Waals surface area contributed by atoms with Crippen LogP contribution in [0.15, 0.2) is 60.1 Å². The van der Waals surface area contributed by atoms with Crippen LogP contribution in [0, 0.1) is 6.92 Å². The maximum Gasteiger partial charge on any atom is 0.255 e. The standard InChI is InChI=1S/C18H18N6O/c1-11-8-9-14(21-11)16-15(12(2)22-18-19-10-20-24(16)18)17(25)23-13-6-4-3-5-7-13/h3-10,16,21H,1-2H3,(H,23,25)(H,19,20,22)/t16-/m1/s1. The monoisotopic (exact) mass is 334 g/mol. The van der Waals surface area contributed by atoms with E-state index in [1.807, 2.05) is 56.3 Å². The Kier molecular flexibility index (Phi) is 3.61. The Morgan fingerprint density at radius 1 is 1.16 bits per heavy atom. The molecule has 0 saturated heterocycles. The SMILES string of the molecule is CC1=C(C(=O)Nc2ccccc2)[C@@H](c2ccc(C)[nH]2)n2ncnc2N1. The molecule has 2 aromatic heterocycles. The first-order valence-corrected chi connectivity index (χ1v) is 8.02. The molecule has 4 rings (SSSR count). The molecule has 1 aromatic carbocycles. The fraction of sp³-hybridized carbons (Fsp3) is 0.167. The average molecular weight is 334 g/mol. The van der Waals surface area contributed by atoms with Crippen LogP contribution in [0.4, 0.5) is 11.6 Å². The molecule has 3 heterocycles. The minimum atomic E-state index is -0.365. The van der Waals surface area contributed by atoms with Gasteiger partial charge in [0.25, 0.3) is 5.91 Å². The highest BCUT2D eigenvalue weighted by Crippen LogP contribution is 2.34. The zero-order valence-electron chi connectivity index (χ0n) is 13.9. The van der Waals surface area contributed by atoms with Gasteiger partial charge >= 0.3 is 0 Å². The number of rotatable bonds is 3. The molecule has 3 N–H and O–H groups in total. The summed E-state index contributed by atoms with van der Waals surface area (Å²) in [5.74, 6) is 0.445. The molecule has 1 aliphatic heterocycles. The van der Waals surface area contributed by atoms with E-state index in [1.165, 1.54) is 6.33 Å². The summed E-state index contributed by atoms with van der Waals surface area (Å²) in [6.45, 7) is 3.86. The number of fused-ring (bicyclic) bond motifs is 1. The number of nitrogens with zero attached hydrogens (tertiary/aromatic N) is 3. The summed E-state index contributed by atoms with van der Waals surface area (Å²) in [5.41, 5.74) is 4.02. The lowest BCUT2D eigenvalue weighted by Gasteiger charge is -2.27. The second kappa shape index (κ2) is 5.94. The summed E-state index contributed by atoms with van der Waals surface area (Å²) in [6.07, 6.45) is 1.48. The first-order valence-electron chi connectivity index (χ1n) is 8.02. The lowest BCUT2D eigenvalue weighted by molar-refractivity contribution is -0.113. The fourth-order valence-corrected chi connectivity index (χ4v) is 3.08. The van der Waals surface area contributed by atoms with E-state index in [2.05, 4.69) is 25.7 Å². The van der Waals surface area contributed by atoms with Crippen LogP contribution in [0.1, 0.15) is 24.4 Å². The summed E-state index contributed by atoms with van der Waals surface area (Å²) < 4.78 is 1.72. The Morgan fingerprint density at radius 2 is 1.96 bits per heavy atom. The summed E-state index contributed by atoms with van der Waals surface area (Å²) in [5, 5.41) is 10.4. The van der Waals surface area contributed by atoms with E-state index in [-0.39, 0.29) is 11.9 Å². The third kappa shape index (κ3) is 2.69. The number of allylic oxidation sites excluding steroid dienone is 1. The zero-order chi connectivity index (χ0) is 17.4. The van der Waals surface area contributed by atoms with Gasteiger partial charge in [0.15, 0.2) is 0 Å². The number of benzene rings is 1. The second-order valence-electron chi connectivity index (χ2n) is 6.01. The van der Waals surface area contributed by atoms with Crippen LogP contribution in [-0.4, -0.2) is 25.7 Å². The number of carbonyl (C=O) groups excluding carboxylic acids is 1. The Labute approximate surface area is 144 Å². The van der Waals surface area contributed by atoms with Crippen molar-refractivity contribution in [2.75, 3.05) is 10.6 Å². The maximum absolute atomic E-state index is 13.0. The van der Waals surface area contributed by atoms with Gasteiger partial charge in [-0.15, -0.1) is 0 Å².